The Morgan fingerprint density at radius 1 is 1.14 bits per heavy atom. The molecule has 3 aromatic rings. The van der Waals surface area contributed by atoms with Crippen LogP contribution in [0.2, 0.25) is 0 Å². The average molecular weight is 299 g/mol. The van der Waals surface area contributed by atoms with Gasteiger partial charge >= 0.3 is 0 Å². The van der Waals surface area contributed by atoms with Gasteiger partial charge in [-0.25, -0.2) is 0 Å². The summed E-state index contributed by atoms with van der Waals surface area (Å²) in [6.07, 6.45) is 5.83. The van der Waals surface area contributed by atoms with Crippen molar-refractivity contribution >= 4 is 22.0 Å². The van der Waals surface area contributed by atoms with Gasteiger partial charge in [-0.2, -0.15) is 9.61 Å². The van der Waals surface area contributed by atoms with Gasteiger partial charge in [0.1, 0.15) is 5.01 Å². The number of nitrogens with two attached hydrogens (primary N) is 1. The van der Waals surface area contributed by atoms with E-state index in [4.69, 9.17) is 10.8 Å². The van der Waals surface area contributed by atoms with Crippen LogP contribution in [0.3, 0.4) is 0 Å². The van der Waals surface area contributed by atoms with Crippen LogP contribution < -0.4 is 5.73 Å². The van der Waals surface area contributed by atoms with Crippen molar-refractivity contribution in [1.82, 2.24) is 19.8 Å². The average Bonchev–Trinajstić information content (AvgIpc) is 3.17. The maximum atomic E-state index is 5.72. The van der Waals surface area contributed by atoms with Crippen LogP contribution >= 0.6 is 11.3 Å². The Bertz CT molecular complexity index is 752. The normalized spacial score (nSPS) is 16.0. The summed E-state index contributed by atoms with van der Waals surface area (Å²) in [6, 6.07) is 7.96. The summed E-state index contributed by atoms with van der Waals surface area (Å²) in [5.74, 6) is 1.58. The van der Waals surface area contributed by atoms with Crippen LogP contribution in [0.25, 0.3) is 4.96 Å². The number of nitrogens with zero attached hydrogens (tertiary/aromatic N) is 4. The number of rotatable bonds is 3. The molecule has 0 radical (unpaired) electrons. The van der Waals surface area contributed by atoms with E-state index in [-0.39, 0.29) is 0 Å². The van der Waals surface area contributed by atoms with Gasteiger partial charge in [0.25, 0.3) is 0 Å². The number of benzene rings is 1. The second kappa shape index (κ2) is 5.11. The van der Waals surface area contributed by atoms with Gasteiger partial charge in [0.05, 0.1) is 0 Å². The van der Waals surface area contributed by atoms with Crippen molar-refractivity contribution in [3.8, 4) is 0 Å². The summed E-state index contributed by atoms with van der Waals surface area (Å²) < 4.78 is 1.95. The van der Waals surface area contributed by atoms with Gasteiger partial charge in [-0.1, -0.05) is 36.3 Å². The zero-order valence-corrected chi connectivity index (χ0v) is 12.5. The van der Waals surface area contributed by atoms with Crippen LogP contribution in [0.1, 0.15) is 48.0 Å². The van der Waals surface area contributed by atoms with Gasteiger partial charge < -0.3 is 5.73 Å². The fourth-order valence-electron chi connectivity index (χ4n) is 2.99. The van der Waals surface area contributed by atoms with Crippen LogP contribution in [0, 0.1) is 0 Å². The van der Waals surface area contributed by atoms with Crippen LogP contribution in [-0.4, -0.2) is 19.8 Å². The number of fused-ring (bicyclic) bond motifs is 1. The highest BCUT2D eigenvalue weighted by atomic mass is 32.1. The molecular weight excluding hydrogens is 282 g/mol. The molecule has 0 spiro atoms. The highest BCUT2D eigenvalue weighted by Gasteiger charge is 2.24. The monoisotopic (exact) mass is 299 g/mol. The molecule has 108 valence electrons. The Hall–Kier alpha value is -1.95. The summed E-state index contributed by atoms with van der Waals surface area (Å²) in [5.41, 5.74) is 7.73. The van der Waals surface area contributed by atoms with Crippen molar-refractivity contribution in [1.29, 1.82) is 0 Å². The molecule has 2 heterocycles. The Morgan fingerprint density at radius 2 is 1.90 bits per heavy atom. The van der Waals surface area contributed by atoms with E-state index < -0.39 is 0 Å². The molecule has 1 fully saturated rings. The number of hydrogen-bond donors (Lipinski definition) is 1. The number of hydrogen-bond acceptors (Lipinski definition) is 5. The van der Waals surface area contributed by atoms with E-state index in [0.717, 1.165) is 27.9 Å². The Balaban J connectivity index is 1.63. The van der Waals surface area contributed by atoms with Crippen LogP contribution in [0.15, 0.2) is 24.3 Å². The molecule has 2 N–H and O–H groups in total. The Morgan fingerprint density at radius 3 is 2.67 bits per heavy atom. The molecule has 1 saturated carbocycles. The van der Waals surface area contributed by atoms with Crippen molar-refractivity contribution in [3.05, 3.63) is 40.7 Å². The zero-order chi connectivity index (χ0) is 14.2. The largest absolute Gasteiger partial charge is 0.399 e. The standard InChI is InChI=1S/C15H17N5S/c16-12-7-5-10(6-8-12)9-13-19-20-14(11-3-1-2-4-11)17-18-15(20)21-13/h5-8,11H,1-4,9,16H2. The molecule has 0 bridgehead atoms. The highest BCUT2D eigenvalue weighted by molar-refractivity contribution is 7.16. The van der Waals surface area contributed by atoms with E-state index in [1.807, 2.05) is 16.6 Å². The van der Waals surface area contributed by atoms with E-state index in [1.54, 1.807) is 11.3 Å². The second-order valence-electron chi connectivity index (χ2n) is 5.65. The molecule has 2 aromatic heterocycles. The van der Waals surface area contributed by atoms with Crippen molar-refractivity contribution in [3.63, 3.8) is 0 Å². The van der Waals surface area contributed by atoms with Gasteiger partial charge in [0.2, 0.25) is 4.96 Å². The molecule has 0 atom stereocenters. The third-order valence-corrected chi connectivity index (χ3v) is 5.01. The summed E-state index contributed by atoms with van der Waals surface area (Å²) in [7, 11) is 0. The topological polar surface area (TPSA) is 69.1 Å². The van der Waals surface area contributed by atoms with Gasteiger partial charge in [0, 0.05) is 18.0 Å². The quantitative estimate of drug-likeness (QED) is 0.755. The second-order valence-corrected chi connectivity index (χ2v) is 6.69. The lowest BCUT2D eigenvalue weighted by Crippen LogP contribution is -2.02. The molecule has 0 saturated heterocycles. The first-order valence-corrected chi connectivity index (χ1v) is 8.17. The third-order valence-electron chi connectivity index (χ3n) is 4.11. The van der Waals surface area contributed by atoms with Crippen LogP contribution in [0.5, 0.6) is 0 Å². The minimum Gasteiger partial charge on any atom is -0.399 e. The number of nitrogen functional groups attached to an aromatic ring is 1. The zero-order valence-electron chi connectivity index (χ0n) is 11.7. The first-order chi connectivity index (χ1) is 10.3. The van der Waals surface area contributed by atoms with E-state index in [2.05, 4.69) is 22.3 Å². The smallest absolute Gasteiger partial charge is 0.234 e. The molecule has 1 aromatic carbocycles. The van der Waals surface area contributed by atoms with E-state index in [0.29, 0.717) is 5.92 Å². The molecule has 1 aliphatic carbocycles. The molecule has 0 amide bonds. The molecule has 5 nitrogen and oxygen atoms in total. The molecule has 6 heteroatoms. The van der Waals surface area contributed by atoms with E-state index in [1.165, 1.54) is 31.2 Å². The summed E-state index contributed by atoms with van der Waals surface area (Å²) in [5, 5.41) is 14.4. The molecule has 0 aliphatic heterocycles. The van der Waals surface area contributed by atoms with Gasteiger partial charge in [-0.15, -0.1) is 10.2 Å². The van der Waals surface area contributed by atoms with Crippen molar-refractivity contribution in [2.45, 2.75) is 38.0 Å². The predicted octanol–water partition coefficient (Wildman–Crippen LogP) is 3.02. The van der Waals surface area contributed by atoms with Gasteiger partial charge in [0.15, 0.2) is 5.82 Å². The molecular formula is C15H17N5S. The van der Waals surface area contributed by atoms with Crippen molar-refractivity contribution in [2.24, 2.45) is 0 Å². The lowest BCUT2D eigenvalue weighted by atomic mass is 10.1. The first kappa shape index (κ1) is 12.8. The fraction of sp³-hybridized carbons (Fsp3) is 0.400. The van der Waals surface area contributed by atoms with Crippen molar-refractivity contribution < 1.29 is 0 Å². The van der Waals surface area contributed by atoms with Gasteiger partial charge in [-0.3, -0.25) is 0 Å². The van der Waals surface area contributed by atoms with Gasteiger partial charge in [-0.05, 0) is 30.5 Å². The summed E-state index contributed by atoms with van der Waals surface area (Å²) in [4.78, 5) is 0.905. The maximum absolute atomic E-state index is 5.72. The summed E-state index contributed by atoms with van der Waals surface area (Å²) >= 11 is 1.62. The molecule has 21 heavy (non-hydrogen) atoms. The van der Waals surface area contributed by atoms with Crippen LogP contribution in [-0.2, 0) is 6.42 Å². The van der Waals surface area contributed by atoms with Crippen LogP contribution in [0.4, 0.5) is 5.69 Å². The minimum absolute atomic E-state index is 0.534. The Kier molecular flexibility index (Phi) is 3.11. The highest BCUT2D eigenvalue weighted by Crippen LogP contribution is 2.33. The molecule has 4 rings (SSSR count). The predicted molar refractivity (Wildman–Crippen MR) is 83.5 cm³/mol. The maximum Gasteiger partial charge on any atom is 0.234 e. The van der Waals surface area contributed by atoms with E-state index in [9.17, 15) is 0 Å². The lowest BCUT2D eigenvalue weighted by Gasteiger charge is -2.03. The SMILES string of the molecule is Nc1ccc(Cc2nn3c(C4CCCC4)nnc3s2)cc1. The fourth-order valence-corrected chi connectivity index (χ4v) is 3.87. The van der Waals surface area contributed by atoms with Crippen molar-refractivity contribution in [2.75, 3.05) is 5.73 Å². The number of anilines is 1. The third kappa shape index (κ3) is 2.40. The summed E-state index contributed by atoms with van der Waals surface area (Å²) in [6.45, 7) is 0. The lowest BCUT2D eigenvalue weighted by molar-refractivity contribution is 0.638. The molecule has 1 aliphatic rings. The number of aromatic nitrogens is 4. The Labute approximate surface area is 126 Å². The molecule has 0 unspecified atom stereocenters. The first-order valence-electron chi connectivity index (χ1n) is 7.35. The minimum atomic E-state index is 0.534. The van der Waals surface area contributed by atoms with E-state index >= 15 is 0 Å².